The van der Waals surface area contributed by atoms with Crippen LogP contribution in [-0.2, 0) is 12.8 Å². The molecule has 1 atom stereocenters. The zero-order chi connectivity index (χ0) is 26.3. The van der Waals surface area contributed by atoms with Crippen molar-refractivity contribution in [2.75, 3.05) is 44.4 Å². The Kier molecular flexibility index (Phi) is 9.63. The predicted molar refractivity (Wildman–Crippen MR) is 145 cm³/mol. The molecular weight excluding hydrogens is 454 g/mol. The van der Waals surface area contributed by atoms with Gasteiger partial charge in [0.1, 0.15) is 6.61 Å². The smallest absolute Gasteiger partial charge is 0.250 e. The van der Waals surface area contributed by atoms with Crippen LogP contribution in [0.5, 0.6) is 11.5 Å². The summed E-state index contributed by atoms with van der Waals surface area (Å²) in [5.74, 6) is 1.14. The normalized spacial score (nSPS) is 14.0. The molecule has 0 fully saturated rings. The van der Waals surface area contributed by atoms with E-state index in [1.165, 1.54) is 0 Å². The van der Waals surface area contributed by atoms with Crippen molar-refractivity contribution >= 4 is 11.6 Å². The maximum atomic E-state index is 12.2. The Morgan fingerprint density at radius 3 is 2.67 bits per heavy atom. The summed E-state index contributed by atoms with van der Waals surface area (Å²) in [5.41, 5.74) is 10.7. The SMILES string of the molecule is Cc1ccc(OCCNC(C)Cc2cc3c(c(C(N)=O)c2)N(CCCO)CC3)c(OCC(C)(C)C)c1. The molecule has 2 aromatic rings. The minimum Gasteiger partial charge on any atom is -0.489 e. The summed E-state index contributed by atoms with van der Waals surface area (Å²) in [6.45, 7) is 14.2. The number of hydrogen-bond acceptors (Lipinski definition) is 6. The summed E-state index contributed by atoms with van der Waals surface area (Å²) >= 11 is 0. The van der Waals surface area contributed by atoms with E-state index in [4.69, 9.17) is 15.2 Å². The molecule has 3 rings (SSSR count). The number of fused-ring (bicyclic) bond motifs is 1. The number of benzene rings is 2. The van der Waals surface area contributed by atoms with Crippen LogP contribution >= 0.6 is 0 Å². The van der Waals surface area contributed by atoms with Crippen LogP contribution < -0.4 is 25.4 Å². The van der Waals surface area contributed by atoms with Crippen molar-refractivity contribution in [1.82, 2.24) is 5.32 Å². The van der Waals surface area contributed by atoms with Crippen LogP contribution in [0.2, 0.25) is 0 Å². The molecule has 1 aliphatic heterocycles. The zero-order valence-electron chi connectivity index (χ0n) is 22.5. The third kappa shape index (κ3) is 7.87. The highest BCUT2D eigenvalue weighted by Crippen LogP contribution is 2.34. The van der Waals surface area contributed by atoms with E-state index in [1.54, 1.807) is 0 Å². The number of amides is 1. The van der Waals surface area contributed by atoms with E-state index < -0.39 is 5.91 Å². The molecule has 7 heteroatoms. The molecule has 7 nitrogen and oxygen atoms in total. The lowest BCUT2D eigenvalue weighted by Gasteiger charge is -2.22. The van der Waals surface area contributed by atoms with Gasteiger partial charge in [0, 0.05) is 32.3 Å². The Labute approximate surface area is 216 Å². The van der Waals surface area contributed by atoms with E-state index in [0.29, 0.717) is 31.7 Å². The summed E-state index contributed by atoms with van der Waals surface area (Å²) in [7, 11) is 0. The molecule has 0 aliphatic carbocycles. The molecule has 0 bridgehead atoms. The minimum absolute atomic E-state index is 0.0711. The number of nitrogens with one attached hydrogen (secondary N) is 1. The number of hydrogen-bond donors (Lipinski definition) is 3. The fourth-order valence-electron chi connectivity index (χ4n) is 4.52. The standard InChI is InChI=1S/C29H43N3O4/c1-20-7-8-25(26(15-20)36-19-29(3,4)5)35-14-10-31-21(2)16-22-17-23-9-12-32(11-6-13-33)27(23)24(18-22)28(30)34/h7-8,15,17-18,21,31,33H,6,9-14,16,19H2,1-5H3,(H2,30,34). The molecule has 0 radical (unpaired) electrons. The summed E-state index contributed by atoms with van der Waals surface area (Å²) in [6, 6.07) is 10.3. The van der Waals surface area contributed by atoms with E-state index in [9.17, 15) is 9.90 Å². The number of nitrogens with two attached hydrogens (primary N) is 1. The number of aliphatic hydroxyl groups is 1. The largest absolute Gasteiger partial charge is 0.489 e. The Bertz CT molecular complexity index is 1030. The van der Waals surface area contributed by atoms with Gasteiger partial charge in [0.05, 0.1) is 17.9 Å². The number of aryl methyl sites for hydroxylation is 1. The number of aliphatic hydroxyl groups excluding tert-OH is 1. The molecule has 0 aromatic heterocycles. The van der Waals surface area contributed by atoms with Crippen molar-refractivity contribution in [2.24, 2.45) is 11.1 Å². The van der Waals surface area contributed by atoms with Crippen LogP contribution in [0.15, 0.2) is 30.3 Å². The molecule has 1 heterocycles. The second-order valence-corrected chi connectivity index (χ2v) is 11.0. The lowest BCUT2D eigenvalue weighted by molar-refractivity contribution is 0.100. The third-order valence-electron chi connectivity index (χ3n) is 6.22. The first-order chi connectivity index (χ1) is 17.1. The number of nitrogens with zero attached hydrogens (tertiary/aromatic N) is 1. The number of carbonyl (C=O) groups is 1. The van der Waals surface area contributed by atoms with E-state index in [1.807, 2.05) is 31.2 Å². The van der Waals surface area contributed by atoms with Crippen molar-refractivity contribution < 1.29 is 19.4 Å². The number of anilines is 1. The number of carbonyl (C=O) groups excluding carboxylic acids is 1. The third-order valence-corrected chi connectivity index (χ3v) is 6.22. The molecule has 4 N–H and O–H groups in total. The first-order valence-corrected chi connectivity index (χ1v) is 13.0. The van der Waals surface area contributed by atoms with Gasteiger partial charge in [0.15, 0.2) is 11.5 Å². The minimum atomic E-state index is -0.402. The van der Waals surface area contributed by atoms with Crippen LogP contribution in [0.25, 0.3) is 0 Å². The first-order valence-electron chi connectivity index (χ1n) is 13.0. The molecule has 0 spiro atoms. The average Bonchev–Trinajstić information content (AvgIpc) is 3.21. The molecule has 0 saturated carbocycles. The Morgan fingerprint density at radius 2 is 1.97 bits per heavy atom. The van der Waals surface area contributed by atoms with Gasteiger partial charge in [-0.2, -0.15) is 0 Å². The van der Waals surface area contributed by atoms with Crippen LogP contribution in [0, 0.1) is 12.3 Å². The van der Waals surface area contributed by atoms with Gasteiger partial charge in [-0.15, -0.1) is 0 Å². The summed E-state index contributed by atoms with van der Waals surface area (Å²) in [5, 5.41) is 12.7. The van der Waals surface area contributed by atoms with E-state index in [0.717, 1.165) is 59.8 Å². The summed E-state index contributed by atoms with van der Waals surface area (Å²) in [4.78, 5) is 14.4. The molecule has 1 aliphatic rings. The fourth-order valence-corrected chi connectivity index (χ4v) is 4.52. The lowest BCUT2D eigenvalue weighted by atomic mass is 9.98. The fraction of sp³-hybridized carbons (Fsp3) is 0.552. The average molecular weight is 498 g/mol. The Hall–Kier alpha value is -2.77. The number of primary amides is 1. The van der Waals surface area contributed by atoms with E-state index in [2.05, 4.69) is 44.0 Å². The number of ether oxygens (including phenoxy) is 2. The molecule has 1 unspecified atom stereocenters. The van der Waals surface area contributed by atoms with Gasteiger partial charge in [-0.1, -0.05) is 32.9 Å². The quantitative estimate of drug-likeness (QED) is 0.364. The molecule has 198 valence electrons. The van der Waals surface area contributed by atoms with Gasteiger partial charge < -0.3 is 30.5 Å². The lowest BCUT2D eigenvalue weighted by Crippen LogP contribution is -2.32. The van der Waals surface area contributed by atoms with Crippen molar-refractivity contribution in [3.8, 4) is 11.5 Å². The van der Waals surface area contributed by atoms with Gasteiger partial charge in [0.25, 0.3) is 5.91 Å². The van der Waals surface area contributed by atoms with Gasteiger partial charge >= 0.3 is 0 Å². The molecule has 36 heavy (non-hydrogen) atoms. The van der Waals surface area contributed by atoms with E-state index in [-0.39, 0.29) is 18.1 Å². The van der Waals surface area contributed by atoms with Crippen LogP contribution in [0.3, 0.4) is 0 Å². The van der Waals surface area contributed by atoms with Gasteiger partial charge in [0.2, 0.25) is 0 Å². The van der Waals surface area contributed by atoms with Crippen molar-refractivity contribution in [3.63, 3.8) is 0 Å². The van der Waals surface area contributed by atoms with Gasteiger partial charge in [-0.05, 0) is 73.4 Å². The predicted octanol–water partition coefficient (Wildman–Crippen LogP) is 3.86. The highest BCUT2D eigenvalue weighted by atomic mass is 16.5. The summed E-state index contributed by atoms with van der Waals surface area (Å²) in [6.07, 6.45) is 2.35. The Balaban J connectivity index is 1.55. The molecule has 0 saturated heterocycles. The maximum absolute atomic E-state index is 12.2. The molecular formula is C29H43N3O4. The van der Waals surface area contributed by atoms with Crippen molar-refractivity contribution in [3.05, 3.63) is 52.6 Å². The van der Waals surface area contributed by atoms with E-state index >= 15 is 0 Å². The number of rotatable bonds is 13. The van der Waals surface area contributed by atoms with Crippen LogP contribution in [0.4, 0.5) is 5.69 Å². The van der Waals surface area contributed by atoms with Crippen LogP contribution in [0.1, 0.15) is 61.2 Å². The van der Waals surface area contributed by atoms with Crippen molar-refractivity contribution in [2.45, 2.75) is 59.9 Å². The van der Waals surface area contributed by atoms with Gasteiger partial charge in [-0.25, -0.2) is 0 Å². The molecule has 2 aromatic carbocycles. The second-order valence-electron chi connectivity index (χ2n) is 11.0. The highest BCUT2D eigenvalue weighted by molar-refractivity contribution is 6.00. The maximum Gasteiger partial charge on any atom is 0.250 e. The Morgan fingerprint density at radius 1 is 1.19 bits per heavy atom. The second kappa shape index (κ2) is 12.5. The highest BCUT2D eigenvalue weighted by Gasteiger charge is 2.25. The van der Waals surface area contributed by atoms with Crippen LogP contribution in [-0.4, -0.2) is 56.5 Å². The zero-order valence-corrected chi connectivity index (χ0v) is 22.5. The monoisotopic (exact) mass is 497 g/mol. The molecule has 1 amide bonds. The van der Waals surface area contributed by atoms with Crippen molar-refractivity contribution in [1.29, 1.82) is 0 Å². The first kappa shape index (κ1) is 27.8. The topological polar surface area (TPSA) is 97.0 Å². The van der Waals surface area contributed by atoms with Gasteiger partial charge in [-0.3, -0.25) is 4.79 Å². The summed E-state index contributed by atoms with van der Waals surface area (Å²) < 4.78 is 12.1.